The molecule has 2 aromatic carbocycles. The molecule has 0 fully saturated rings. The molecule has 2 aromatic rings. The van der Waals surface area contributed by atoms with E-state index in [1.54, 1.807) is 0 Å². The lowest BCUT2D eigenvalue weighted by atomic mass is 10.1. The van der Waals surface area contributed by atoms with Gasteiger partial charge in [0.25, 0.3) is 0 Å². The van der Waals surface area contributed by atoms with Crippen LogP contribution in [0.15, 0.2) is 48.5 Å². The Morgan fingerprint density at radius 1 is 1.06 bits per heavy atom. The number of halogens is 1. The highest BCUT2D eigenvalue weighted by Gasteiger charge is 2.00. The highest BCUT2D eigenvalue weighted by molar-refractivity contribution is 7.80. The maximum atomic E-state index is 5.84. The molecule has 0 atom stereocenters. The molecular formula is C15H14ClNS. The van der Waals surface area contributed by atoms with Gasteiger partial charge in [-0.05, 0) is 24.6 Å². The smallest absolute Gasteiger partial charge is 0.106 e. The first kappa shape index (κ1) is 13.1. The van der Waals surface area contributed by atoms with Gasteiger partial charge in [-0.3, -0.25) is 0 Å². The third-order valence-electron chi connectivity index (χ3n) is 2.68. The van der Waals surface area contributed by atoms with E-state index in [0.29, 0.717) is 0 Å². The van der Waals surface area contributed by atoms with Crippen LogP contribution in [0.5, 0.6) is 0 Å². The van der Waals surface area contributed by atoms with Gasteiger partial charge in [-0.25, -0.2) is 0 Å². The normalized spacial score (nSPS) is 10.1. The van der Waals surface area contributed by atoms with E-state index in [1.807, 2.05) is 24.3 Å². The van der Waals surface area contributed by atoms with E-state index in [-0.39, 0.29) is 0 Å². The van der Waals surface area contributed by atoms with E-state index in [2.05, 4.69) is 36.5 Å². The fourth-order valence-electron chi connectivity index (χ4n) is 1.59. The number of hydrogen-bond donors (Lipinski definition) is 1. The Kier molecular flexibility index (Phi) is 4.34. The van der Waals surface area contributed by atoms with Crippen LogP contribution in [0.25, 0.3) is 0 Å². The van der Waals surface area contributed by atoms with Crippen LogP contribution in [0, 0.1) is 6.92 Å². The zero-order valence-corrected chi connectivity index (χ0v) is 11.7. The minimum atomic E-state index is 0.722. The molecule has 0 unspecified atom stereocenters. The molecule has 92 valence electrons. The Morgan fingerprint density at radius 2 is 1.67 bits per heavy atom. The minimum Gasteiger partial charge on any atom is -0.372 e. The monoisotopic (exact) mass is 275 g/mol. The van der Waals surface area contributed by atoms with Crippen LogP contribution in [0.4, 0.5) is 0 Å². The van der Waals surface area contributed by atoms with Crippen molar-refractivity contribution in [3.05, 3.63) is 70.2 Å². The van der Waals surface area contributed by atoms with Gasteiger partial charge in [0.2, 0.25) is 0 Å². The Hall–Kier alpha value is -1.38. The first-order valence-corrected chi connectivity index (χ1v) is 6.53. The van der Waals surface area contributed by atoms with E-state index in [9.17, 15) is 0 Å². The Bertz CT molecular complexity index is 531. The molecule has 3 heteroatoms. The molecule has 0 radical (unpaired) electrons. The predicted octanol–water partition coefficient (Wildman–Crippen LogP) is 4.11. The summed E-state index contributed by atoms with van der Waals surface area (Å²) in [5.41, 5.74) is 3.47. The maximum Gasteiger partial charge on any atom is 0.106 e. The van der Waals surface area contributed by atoms with E-state index in [1.165, 1.54) is 11.1 Å². The van der Waals surface area contributed by atoms with Crippen LogP contribution in [0.3, 0.4) is 0 Å². The zero-order valence-electron chi connectivity index (χ0n) is 10.1. The summed E-state index contributed by atoms with van der Waals surface area (Å²) >= 11 is 11.2. The molecule has 1 nitrogen and oxygen atoms in total. The van der Waals surface area contributed by atoms with Gasteiger partial charge in [0.05, 0.1) is 0 Å². The van der Waals surface area contributed by atoms with Crippen molar-refractivity contribution in [2.45, 2.75) is 13.5 Å². The van der Waals surface area contributed by atoms with Crippen molar-refractivity contribution in [3.8, 4) is 0 Å². The fraction of sp³-hybridized carbons (Fsp3) is 0.133. The van der Waals surface area contributed by atoms with Gasteiger partial charge >= 0.3 is 0 Å². The third kappa shape index (κ3) is 3.56. The molecule has 0 amide bonds. The molecule has 1 N–H and O–H groups in total. The van der Waals surface area contributed by atoms with Gasteiger partial charge in [-0.2, -0.15) is 0 Å². The van der Waals surface area contributed by atoms with Crippen molar-refractivity contribution in [3.63, 3.8) is 0 Å². The van der Waals surface area contributed by atoms with Gasteiger partial charge in [0.15, 0.2) is 0 Å². The number of nitrogens with one attached hydrogen (secondary N) is 1. The second-order valence-electron chi connectivity index (χ2n) is 4.18. The van der Waals surface area contributed by atoms with Gasteiger partial charge in [0, 0.05) is 17.1 Å². The Morgan fingerprint density at radius 3 is 2.28 bits per heavy atom. The lowest BCUT2D eigenvalue weighted by Gasteiger charge is -2.08. The molecule has 0 heterocycles. The third-order valence-corrected chi connectivity index (χ3v) is 3.31. The average Bonchev–Trinajstić information content (AvgIpc) is 2.38. The van der Waals surface area contributed by atoms with Crippen molar-refractivity contribution >= 4 is 28.8 Å². The van der Waals surface area contributed by atoms with Gasteiger partial charge < -0.3 is 5.32 Å². The average molecular weight is 276 g/mol. The molecule has 0 saturated heterocycles. The fourth-order valence-corrected chi connectivity index (χ4v) is 1.93. The number of benzene rings is 2. The van der Waals surface area contributed by atoms with Crippen LogP contribution < -0.4 is 5.32 Å². The largest absolute Gasteiger partial charge is 0.372 e. The Balaban J connectivity index is 1.96. The molecule has 0 aliphatic rings. The van der Waals surface area contributed by atoms with Crippen LogP contribution in [-0.2, 0) is 6.54 Å². The summed E-state index contributed by atoms with van der Waals surface area (Å²) in [6.07, 6.45) is 0. The number of aryl methyl sites for hydroxylation is 1. The molecule has 0 bridgehead atoms. The second kappa shape index (κ2) is 5.98. The van der Waals surface area contributed by atoms with Crippen LogP contribution in [0.1, 0.15) is 16.7 Å². The van der Waals surface area contributed by atoms with E-state index >= 15 is 0 Å². The first-order valence-electron chi connectivity index (χ1n) is 5.74. The van der Waals surface area contributed by atoms with E-state index in [0.717, 1.165) is 22.1 Å². The number of hydrogen-bond acceptors (Lipinski definition) is 1. The van der Waals surface area contributed by atoms with E-state index in [4.69, 9.17) is 23.8 Å². The molecular weight excluding hydrogens is 262 g/mol. The zero-order chi connectivity index (χ0) is 13.0. The summed E-state index contributed by atoms with van der Waals surface area (Å²) in [4.78, 5) is 0.743. The second-order valence-corrected chi connectivity index (χ2v) is 5.02. The molecule has 0 aromatic heterocycles. The lowest BCUT2D eigenvalue weighted by Crippen LogP contribution is -2.21. The molecule has 0 saturated carbocycles. The highest BCUT2D eigenvalue weighted by Crippen LogP contribution is 2.10. The van der Waals surface area contributed by atoms with Crippen molar-refractivity contribution in [2.24, 2.45) is 0 Å². The first-order chi connectivity index (χ1) is 8.65. The summed E-state index contributed by atoms with van der Waals surface area (Å²) in [6, 6.07) is 15.9. The maximum absolute atomic E-state index is 5.84. The molecule has 0 spiro atoms. The molecule has 0 aliphatic carbocycles. The standard InChI is InChI=1S/C15H14ClNS/c1-11-2-4-12(5-3-11)10-17-15(18)13-6-8-14(16)9-7-13/h2-9H,10H2,1H3,(H,17,18). The predicted molar refractivity (Wildman–Crippen MR) is 81.2 cm³/mol. The Labute approximate surface area is 118 Å². The topological polar surface area (TPSA) is 12.0 Å². The summed E-state index contributed by atoms with van der Waals surface area (Å²) in [6.45, 7) is 2.82. The van der Waals surface area contributed by atoms with Crippen molar-refractivity contribution in [1.82, 2.24) is 5.32 Å². The van der Waals surface area contributed by atoms with Gasteiger partial charge in [0.1, 0.15) is 4.99 Å². The lowest BCUT2D eigenvalue weighted by molar-refractivity contribution is 0.928. The van der Waals surface area contributed by atoms with Gasteiger partial charge in [-0.1, -0.05) is 65.8 Å². The molecule has 0 aliphatic heterocycles. The summed E-state index contributed by atoms with van der Waals surface area (Å²) in [5.74, 6) is 0. The van der Waals surface area contributed by atoms with Gasteiger partial charge in [-0.15, -0.1) is 0 Å². The van der Waals surface area contributed by atoms with E-state index < -0.39 is 0 Å². The van der Waals surface area contributed by atoms with Crippen molar-refractivity contribution in [2.75, 3.05) is 0 Å². The summed E-state index contributed by atoms with van der Waals surface area (Å²) in [5, 5.41) is 3.96. The van der Waals surface area contributed by atoms with Crippen molar-refractivity contribution < 1.29 is 0 Å². The number of rotatable bonds is 3. The number of thiocarbonyl (C=S) groups is 1. The summed E-state index contributed by atoms with van der Waals surface area (Å²) < 4.78 is 0. The highest BCUT2D eigenvalue weighted by atomic mass is 35.5. The van der Waals surface area contributed by atoms with Crippen LogP contribution in [-0.4, -0.2) is 4.99 Å². The van der Waals surface area contributed by atoms with Crippen LogP contribution >= 0.6 is 23.8 Å². The molecule has 18 heavy (non-hydrogen) atoms. The molecule has 2 rings (SSSR count). The SMILES string of the molecule is Cc1ccc(CNC(=S)c2ccc(Cl)cc2)cc1. The minimum absolute atomic E-state index is 0.722. The quantitative estimate of drug-likeness (QED) is 0.846. The summed E-state index contributed by atoms with van der Waals surface area (Å²) in [7, 11) is 0. The van der Waals surface area contributed by atoms with Crippen molar-refractivity contribution in [1.29, 1.82) is 0 Å². The van der Waals surface area contributed by atoms with Crippen LogP contribution in [0.2, 0.25) is 5.02 Å².